The van der Waals surface area contributed by atoms with E-state index in [4.69, 9.17) is 0 Å². The molecule has 0 spiro atoms. The lowest BCUT2D eigenvalue weighted by molar-refractivity contribution is 0.419. The molecule has 1 aliphatic rings. The highest BCUT2D eigenvalue weighted by Crippen LogP contribution is 2.29. The van der Waals surface area contributed by atoms with E-state index in [0.29, 0.717) is 0 Å². The first kappa shape index (κ1) is 21.0. The van der Waals surface area contributed by atoms with E-state index in [2.05, 4.69) is 66.9 Å². The van der Waals surface area contributed by atoms with Gasteiger partial charge in [0.1, 0.15) is 0 Å². The zero-order valence-electron chi connectivity index (χ0n) is 16.8. The van der Waals surface area contributed by atoms with E-state index in [1.54, 1.807) is 0 Å². The van der Waals surface area contributed by atoms with Crippen molar-refractivity contribution in [2.24, 2.45) is 0 Å². The van der Waals surface area contributed by atoms with Crippen LogP contribution in [0.2, 0.25) is 0 Å². The molecule has 1 N–H and O–H groups in total. The molecule has 138 valence electrons. The minimum absolute atomic E-state index is 0.847. The minimum Gasteiger partial charge on any atom is -0.378 e. The van der Waals surface area contributed by atoms with Crippen molar-refractivity contribution in [1.82, 2.24) is 15.1 Å². The van der Waals surface area contributed by atoms with Gasteiger partial charge in [0.25, 0.3) is 0 Å². The van der Waals surface area contributed by atoms with Crippen molar-refractivity contribution in [2.45, 2.75) is 33.6 Å². The second kappa shape index (κ2) is 10.1. The Labute approximate surface area is 154 Å². The summed E-state index contributed by atoms with van der Waals surface area (Å²) in [6.07, 6.45) is 8.18. The molecular weight excluding hydrogens is 306 g/mol. The van der Waals surface area contributed by atoms with Gasteiger partial charge >= 0.3 is 0 Å². The SMILES string of the molecule is C=C(CC)C(/C=C\C)=C/C(=C)/C(=C(/CC)C(=C)N(C)C)N1CCNC1. The predicted molar refractivity (Wildman–Crippen MR) is 111 cm³/mol. The molecule has 1 saturated heterocycles. The number of nitrogens with one attached hydrogen (secondary N) is 1. The quantitative estimate of drug-likeness (QED) is 0.618. The Balaban J connectivity index is 3.43. The van der Waals surface area contributed by atoms with Crippen molar-refractivity contribution in [3.63, 3.8) is 0 Å². The second-order valence-corrected chi connectivity index (χ2v) is 6.53. The van der Waals surface area contributed by atoms with Crippen molar-refractivity contribution in [3.05, 3.63) is 71.7 Å². The lowest BCUT2D eigenvalue weighted by Crippen LogP contribution is -2.26. The number of hydrogen-bond acceptors (Lipinski definition) is 3. The molecule has 0 bridgehead atoms. The van der Waals surface area contributed by atoms with Crippen LogP contribution in [0.4, 0.5) is 0 Å². The van der Waals surface area contributed by atoms with Crippen LogP contribution in [0.5, 0.6) is 0 Å². The molecule has 0 aromatic carbocycles. The Kier molecular flexibility index (Phi) is 8.50. The summed E-state index contributed by atoms with van der Waals surface area (Å²) < 4.78 is 0. The van der Waals surface area contributed by atoms with Gasteiger partial charge in [0.05, 0.1) is 6.67 Å². The Morgan fingerprint density at radius 2 is 1.84 bits per heavy atom. The molecule has 3 nitrogen and oxygen atoms in total. The van der Waals surface area contributed by atoms with E-state index >= 15 is 0 Å². The van der Waals surface area contributed by atoms with E-state index in [9.17, 15) is 0 Å². The smallest absolute Gasteiger partial charge is 0.0683 e. The normalized spacial score (nSPS) is 16.2. The van der Waals surface area contributed by atoms with Crippen LogP contribution < -0.4 is 5.32 Å². The Hall–Kier alpha value is -2.00. The monoisotopic (exact) mass is 341 g/mol. The topological polar surface area (TPSA) is 18.5 Å². The predicted octanol–water partition coefficient (Wildman–Crippen LogP) is 4.61. The molecule has 1 rings (SSSR count). The first-order chi connectivity index (χ1) is 11.9. The van der Waals surface area contributed by atoms with Crippen molar-refractivity contribution < 1.29 is 0 Å². The molecule has 0 aromatic heterocycles. The molecule has 0 aromatic rings. The second-order valence-electron chi connectivity index (χ2n) is 6.53. The third-order valence-corrected chi connectivity index (χ3v) is 4.52. The number of likely N-dealkylation sites (N-methyl/N-ethyl adjacent to an activating group) is 1. The summed E-state index contributed by atoms with van der Waals surface area (Å²) in [5, 5.41) is 3.42. The van der Waals surface area contributed by atoms with Gasteiger partial charge in [-0.1, -0.05) is 45.7 Å². The van der Waals surface area contributed by atoms with Gasteiger partial charge in [-0.25, -0.2) is 0 Å². The summed E-state index contributed by atoms with van der Waals surface area (Å²) in [7, 11) is 4.08. The summed E-state index contributed by atoms with van der Waals surface area (Å²) in [6, 6.07) is 0. The van der Waals surface area contributed by atoms with Crippen molar-refractivity contribution in [2.75, 3.05) is 33.9 Å². The molecule has 3 heteroatoms. The molecule has 0 radical (unpaired) electrons. The standard InChI is InChI=1S/C22H35N3/c1-9-12-20(17(4)10-2)15-18(5)22(25-14-13-23-16-25)21(11-3)19(6)24(7)8/h9,12,15,23H,4-6,10-11,13-14,16H2,1-3,7-8H3/b12-9-,20-15+,22-21+. The third-order valence-electron chi connectivity index (χ3n) is 4.52. The molecule has 0 aliphatic carbocycles. The lowest BCUT2D eigenvalue weighted by Gasteiger charge is -2.28. The van der Waals surface area contributed by atoms with Gasteiger partial charge in [0, 0.05) is 38.6 Å². The van der Waals surface area contributed by atoms with Crippen molar-refractivity contribution in [1.29, 1.82) is 0 Å². The van der Waals surface area contributed by atoms with Crippen LogP contribution in [-0.4, -0.2) is 43.7 Å². The molecule has 25 heavy (non-hydrogen) atoms. The average Bonchev–Trinajstić information content (AvgIpc) is 3.11. The highest BCUT2D eigenvalue weighted by molar-refractivity contribution is 5.51. The van der Waals surface area contributed by atoms with E-state index in [0.717, 1.165) is 55.0 Å². The van der Waals surface area contributed by atoms with Gasteiger partial charge in [-0.15, -0.1) is 0 Å². The first-order valence-corrected chi connectivity index (χ1v) is 9.14. The highest BCUT2D eigenvalue weighted by atomic mass is 15.3. The first-order valence-electron chi connectivity index (χ1n) is 9.14. The van der Waals surface area contributed by atoms with E-state index in [1.807, 2.05) is 21.0 Å². The maximum atomic E-state index is 4.41. The third kappa shape index (κ3) is 5.50. The molecule has 0 saturated carbocycles. The minimum atomic E-state index is 0.847. The van der Waals surface area contributed by atoms with Gasteiger partial charge < -0.3 is 9.80 Å². The van der Waals surface area contributed by atoms with Gasteiger partial charge in [-0.2, -0.15) is 0 Å². The molecule has 0 atom stereocenters. The average molecular weight is 342 g/mol. The maximum Gasteiger partial charge on any atom is 0.0683 e. The Morgan fingerprint density at radius 3 is 2.28 bits per heavy atom. The molecule has 1 heterocycles. The van der Waals surface area contributed by atoms with E-state index in [1.165, 1.54) is 11.3 Å². The molecule has 1 aliphatic heterocycles. The maximum absolute atomic E-state index is 4.41. The number of nitrogens with zero attached hydrogens (tertiary/aromatic N) is 2. The van der Waals surface area contributed by atoms with Crippen LogP contribution >= 0.6 is 0 Å². The summed E-state index contributed by atoms with van der Waals surface area (Å²) in [5.41, 5.74) is 6.77. The summed E-state index contributed by atoms with van der Waals surface area (Å²) in [6.45, 7) is 22.1. The van der Waals surface area contributed by atoms with Crippen LogP contribution in [0.3, 0.4) is 0 Å². The largest absolute Gasteiger partial charge is 0.378 e. The van der Waals surface area contributed by atoms with Crippen LogP contribution in [-0.2, 0) is 0 Å². The highest BCUT2D eigenvalue weighted by Gasteiger charge is 2.21. The Bertz CT molecular complexity index is 597. The van der Waals surface area contributed by atoms with Crippen LogP contribution in [0, 0.1) is 0 Å². The van der Waals surface area contributed by atoms with Gasteiger partial charge in [0.15, 0.2) is 0 Å². The summed E-state index contributed by atoms with van der Waals surface area (Å²) in [5.74, 6) is 0. The fourth-order valence-corrected chi connectivity index (χ4v) is 2.97. The summed E-state index contributed by atoms with van der Waals surface area (Å²) >= 11 is 0. The molecule has 0 amide bonds. The molecule has 0 unspecified atom stereocenters. The number of rotatable bonds is 9. The van der Waals surface area contributed by atoms with Crippen molar-refractivity contribution in [3.8, 4) is 0 Å². The zero-order valence-corrected chi connectivity index (χ0v) is 16.8. The summed E-state index contributed by atoms with van der Waals surface area (Å²) in [4.78, 5) is 4.45. The zero-order chi connectivity index (χ0) is 19.0. The molecular formula is C22H35N3. The fraction of sp³-hybridized carbons (Fsp3) is 0.455. The number of hydrogen-bond donors (Lipinski definition) is 1. The van der Waals surface area contributed by atoms with Crippen molar-refractivity contribution >= 4 is 0 Å². The Morgan fingerprint density at radius 1 is 1.16 bits per heavy atom. The van der Waals surface area contributed by atoms with Crippen LogP contribution in [0.1, 0.15) is 33.6 Å². The fourth-order valence-electron chi connectivity index (χ4n) is 2.97. The molecule has 1 fully saturated rings. The van der Waals surface area contributed by atoms with Gasteiger partial charge in [-0.05, 0) is 48.1 Å². The number of allylic oxidation sites excluding steroid dienone is 6. The van der Waals surface area contributed by atoms with Gasteiger partial charge in [0.2, 0.25) is 0 Å². The van der Waals surface area contributed by atoms with E-state index in [-0.39, 0.29) is 0 Å². The van der Waals surface area contributed by atoms with Crippen LogP contribution in [0.15, 0.2) is 71.7 Å². The lowest BCUT2D eigenvalue weighted by atomic mass is 9.97. The van der Waals surface area contributed by atoms with Crippen LogP contribution in [0.25, 0.3) is 0 Å². The van der Waals surface area contributed by atoms with E-state index < -0.39 is 0 Å². The van der Waals surface area contributed by atoms with Gasteiger partial charge in [-0.3, -0.25) is 5.32 Å².